The number of halogens is 2. The number of carbonyl (C=O) groups excluding carboxylic acids is 2. The molecule has 47 heavy (non-hydrogen) atoms. The summed E-state index contributed by atoms with van der Waals surface area (Å²) in [6.07, 6.45) is 4.01. The highest BCUT2D eigenvalue weighted by atomic mass is 35.5. The molecule has 1 aliphatic carbocycles. The van der Waals surface area contributed by atoms with Crippen LogP contribution >= 0.6 is 23.2 Å². The summed E-state index contributed by atoms with van der Waals surface area (Å²) in [6, 6.07) is 27.8. The Kier molecular flexibility index (Phi) is 11.4. The molecular formula is C36H37Cl2N3O5S. The van der Waals surface area contributed by atoms with Crippen LogP contribution in [0.2, 0.25) is 10.0 Å². The van der Waals surface area contributed by atoms with Crippen molar-refractivity contribution in [2.75, 3.05) is 18.0 Å². The molecule has 1 saturated carbocycles. The first-order chi connectivity index (χ1) is 22.7. The predicted molar refractivity (Wildman–Crippen MR) is 185 cm³/mol. The van der Waals surface area contributed by atoms with Gasteiger partial charge in [-0.3, -0.25) is 13.9 Å². The van der Waals surface area contributed by atoms with Gasteiger partial charge in [0.1, 0.15) is 18.3 Å². The maximum absolute atomic E-state index is 14.6. The van der Waals surface area contributed by atoms with Crippen LogP contribution in [-0.2, 0) is 32.6 Å². The first kappa shape index (κ1) is 34.3. The summed E-state index contributed by atoms with van der Waals surface area (Å²) in [6.45, 7) is -0.590. The molecule has 1 atom stereocenters. The molecule has 4 aromatic rings. The van der Waals surface area contributed by atoms with E-state index in [1.807, 2.05) is 36.4 Å². The highest BCUT2D eigenvalue weighted by Crippen LogP contribution is 2.28. The SMILES string of the molecule is COc1ccc(S(=O)(=O)N(CC(=O)N(Cc2ccccc2Cl)[C@@H](Cc2ccccc2)C(=O)NC2CCCC2)c2ccc(Cl)cc2)cc1. The smallest absolute Gasteiger partial charge is 0.264 e. The zero-order chi connectivity index (χ0) is 33.4. The van der Waals surface area contributed by atoms with E-state index in [9.17, 15) is 18.0 Å². The zero-order valence-electron chi connectivity index (χ0n) is 26.0. The van der Waals surface area contributed by atoms with Crippen molar-refractivity contribution in [3.05, 3.63) is 124 Å². The molecule has 246 valence electrons. The van der Waals surface area contributed by atoms with Gasteiger partial charge in [-0.1, -0.05) is 84.6 Å². The number of nitrogens with one attached hydrogen (secondary N) is 1. The number of methoxy groups -OCH3 is 1. The number of carbonyl (C=O) groups is 2. The minimum Gasteiger partial charge on any atom is -0.497 e. The summed E-state index contributed by atoms with van der Waals surface area (Å²) in [5, 5.41) is 4.01. The van der Waals surface area contributed by atoms with Crippen molar-refractivity contribution in [1.29, 1.82) is 0 Å². The zero-order valence-corrected chi connectivity index (χ0v) is 28.3. The van der Waals surface area contributed by atoms with Gasteiger partial charge in [0.05, 0.1) is 17.7 Å². The van der Waals surface area contributed by atoms with E-state index in [1.54, 1.807) is 54.6 Å². The molecule has 11 heteroatoms. The maximum atomic E-state index is 14.6. The van der Waals surface area contributed by atoms with E-state index < -0.39 is 28.5 Å². The number of benzene rings is 4. The Bertz CT molecular complexity index is 1760. The summed E-state index contributed by atoms with van der Waals surface area (Å²) in [5.41, 5.74) is 1.73. The number of ether oxygens (including phenoxy) is 1. The van der Waals surface area contributed by atoms with Gasteiger partial charge in [-0.25, -0.2) is 8.42 Å². The standard InChI is InChI=1S/C36H37Cl2N3O5S/c1-46-31-19-21-32(22-20-31)47(44,45)41(30-17-15-28(37)16-18-30)25-35(42)40(24-27-11-5-8-14-33(27)38)34(23-26-9-3-2-4-10-26)36(43)39-29-12-6-7-13-29/h2-5,8-11,14-22,29,34H,6-7,12-13,23-25H2,1H3,(H,39,43)/t34-/m0/s1. The van der Waals surface area contributed by atoms with Crippen molar-refractivity contribution in [1.82, 2.24) is 10.2 Å². The molecule has 1 N–H and O–H groups in total. The summed E-state index contributed by atoms with van der Waals surface area (Å²) < 4.78 is 34.6. The Morgan fingerprint density at radius 2 is 1.51 bits per heavy atom. The Labute approximate surface area is 286 Å². The van der Waals surface area contributed by atoms with Crippen molar-refractivity contribution >= 4 is 50.7 Å². The average molecular weight is 695 g/mol. The second kappa shape index (κ2) is 15.7. The van der Waals surface area contributed by atoms with Crippen molar-refractivity contribution in [2.24, 2.45) is 0 Å². The molecule has 1 fully saturated rings. The number of rotatable bonds is 13. The molecule has 0 aliphatic heterocycles. The number of anilines is 1. The van der Waals surface area contributed by atoms with Crippen LogP contribution in [0, 0.1) is 0 Å². The van der Waals surface area contributed by atoms with Crippen LogP contribution in [-0.4, -0.2) is 50.9 Å². The van der Waals surface area contributed by atoms with Crippen LogP contribution in [0.1, 0.15) is 36.8 Å². The predicted octanol–water partition coefficient (Wildman–Crippen LogP) is 6.90. The Balaban J connectivity index is 1.56. The van der Waals surface area contributed by atoms with Gasteiger partial charge in [0, 0.05) is 29.1 Å². The van der Waals surface area contributed by atoms with Crippen LogP contribution < -0.4 is 14.4 Å². The van der Waals surface area contributed by atoms with Crippen molar-refractivity contribution in [2.45, 2.75) is 55.6 Å². The maximum Gasteiger partial charge on any atom is 0.264 e. The minimum absolute atomic E-state index is 0.00879. The van der Waals surface area contributed by atoms with Gasteiger partial charge in [0.25, 0.3) is 10.0 Å². The second-order valence-electron chi connectivity index (χ2n) is 11.5. The van der Waals surface area contributed by atoms with Crippen LogP contribution in [0.25, 0.3) is 0 Å². The van der Waals surface area contributed by atoms with E-state index in [0.717, 1.165) is 35.6 Å². The third kappa shape index (κ3) is 8.66. The monoisotopic (exact) mass is 693 g/mol. The van der Waals surface area contributed by atoms with E-state index in [4.69, 9.17) is 27.9 Å². The quantitative estimate of drug-likeness (QED) is 0.164. The van der Waals surface area contributed by atoms with E-state index in [1.165, 1.54) is 24.1 Å². The van der Waals surface area contributed by atoms with Gasteiger partial charge in [0.2, 0.25) is 11.8 Å². The Hall–Kier alpha value is -4.05. The molecule has 0 unspecified atom stereocenters. The van der Waals surface area contributed by atoms with Gasteiger partial charge < -0.3 is 15.0 Å². The van der Waals surface area contributed by atoms with E-state index in [2.05, 4.69) is 5.32 Å². The number of hydrogen-bond acceptors (Lipinski definition) is 5. The van der Waals surface area contributed by atoms with E-state index >= 15 is 0 Å². The molecule has 0 heterocycles. The van der Waals surface area contributed by atoms with Gasteiger partial charge in [0.15, 0.2) is 0 Å². The number of sulfonamides is 1. The Morgan fingerprint density at radius 1 is 0.872 bits per heavy atom. The molecule has 4 aromatic carbocycles. The van der Waals surface area contributed by atoms with E-state index in [-0.39, 0.29) is 35.5 Å². The third-order valence-electron chi connectivity index (χ3n) is 8.31. The fourth-order valence-electron chi connectivity index (χ4n) is 5.74. The summed E-state index contributed by atoms with van der Waals surface area (Å²) in [4.78, 5) is 30.1. The summed E-state index contributed by atoms with van der Waals surface area (Å²) in [7, 11) is -2.77. The minimum atomic E-state index is -4.26. The molecule has 1 aliphatic rings. The summed E-state index contributed by atoms with van der Waals surface area (Å²) >= 11 is 12.7. The first-order valence-corrected chi connectivity index (χ1v) is 17.6. The fraction of sp³-hybridized carbons (Fsp3) is 0.278. The van der Waals surface area contributed by atoms with Crippen molar-refractivity contribution in [3.63, 3.8) is 0 Å². The normalized spacial score (nSPS) is 13.9. The lowest BCUT2D eigenvalue weighted by molar-refractivity contribution is -0.140. The molecule has 0 aromatic heterocycles. The molecule has 0 saturated heterocycles. The number of hydrogen-bond donors (Lipinski definition) is 1. The van der Waals surface area contributed by atoms with E-state index in [0.29, 0.717) is 21.4 Å². The van der Waals surface area contributed by atoms with Gasteiger partial charge >= 0.3 is 0 Å². The molecule has 0 bridgehead atoms. The molecule has 5 rings (SSSR count). The third-order valence-corrected chi connectivity index (χ3v) is 10.7. The summed E-state index contributed by atoms with van der Waals surface area (Å²) in [5.74, 6) is -0.377. The van der Waals surface area contributed by atoms with Crippen LogP contribution in [0.15, 0.2) is 108 Å². The largest absolute Gasteiger partial charge is 0.497 e. The van der Waals surface area contributed by atoms with Gasteiger partial charge in [-0.15, -0.1) is 0 Å². The Morgan fingerprint density at radius 3 is 2.15 bits per heavy atom. The highest BCUT2D eigenvalue weighted by Gasteiger charge is 2.36. The van der Waals surface area contributed by atoms with Crippen LogP contribution in [0.5, 0.6) is 5.75 Å². The molecule has 0 radical (unpaired) electrons. The lowest BCUT2D eigenvalue weighted by Crippen LogP contribution is -2.54. The first-order valence-electron chi connectivity index (χ1n) is 15.5. The van der Waals surface area contributed by atoms with Crippen molar-refractivity contribution < 1.29 is 22.7 Å². The second-order valence-corrected chi connectivity index (χ2v) is 14.2. The highest BCUT2D eigenvalue weighted by molar-refractivity contribution is 7.92. The number of amides is 2. The molecule has 8 nitrogen and oxygen atoms in total. The van der Waals surface area contributed by atoms with Crippen LogP contribution in [0.4, 0.5) is 5.69 Å². The fourth-order valence-corrected chi connectivity index (χ4v) is 7.48. The van der Waals surface area contributed by atoms with Crippen molar-refractivity contribution in [3.8, 4) is 5.75 Å². The van der Waals surface area contributed by atoms with Gasteiger partial charge in [-0.05, 0) is 78.6 Å². The lowest BCUT2D eigenvalue weighted by atomic mass is 10.0. The topological polar surface area (TPSA) is 96.0 Å². The average Bonchev–Trinajstić information content (AvgIpc) is 3.60. The van der Waals surface area contributed by atoms with Gasteiger partial charge in [-0.2, -0.15) is 0 Å². The molecular weight excluding hydrogens is 657 g/mol. The lowest BCUT2D eigenvalue weighted by Gasteiger charge is -2.34. The van der Waals surface area contributed by atoms with Crippen LogP contribution in [0.3, 0.4) is 0 Å². The number of nitrogens with zero attached hydrogens (tertiary/aromatic N) is 2. The molecule has 2 amide bonds. The molecule has 0 spiro atoms.